The molecule has 1 saturated heterocycles. The average molecular weight is 497 g/mol. The Kier molecular flexibility index (Phi) is 6.95. The fourth-order valence-corrected chi connectivity index (χ4v) is 4.52. The topological polar surface area (TPSA) is 49.8 Å². The molecule has 0 aromatic heterocycles. The van der Waals surface area contributed by atoms with Gasteiger partial charge in [-0.05, 0) is 62.2 Å². The molecule has 1 heterocycles. The number of carboxylic acid groups (broad SMARTS) is 1. The van der Waals surface area contributed by atoms with Crippen LogP contribution in [0, 0.1) is 5.92 Å². The summed E-state index contributed by atoms with van der Waals surface area (Å²) in [6, 6.07) is 14.2. The molecule has 2 aromatic carbocycles. The maximum atomic E-state index is 11.6. The summed E-state index contributed by atoms with van der Waals surface area (Å²) >= 11 is 7.16. The summed E-state index contributed by atoms with van der Waals surface area (Å²) in [4.78, 5) is 13.9. The number of aliphatic carboxylic acids is 1. The molecular weight excluding hydrogens is 474 g/mol. The second-order valence-corrected chi connectivity index (χ2v) is 8.58. The lowest BCUT2D eigenvalue weighted by Gasteiger charge is -2.38. The van der Waals surface area contributed by atoms with Crippen molar-refractivity contribution in [2.75, 3.05) is 19.7 Å². The third-order valence-corrected chi connectivity index (χ3v) is 5.88. The number of likely N-dealkylation sites (tertiary alicyclic amines) is 1. The normalized spacial score (nSPS) is 18.9. The first-order valence-corrected chi connectivity index (χ1v) is 10.7. The van der Waals surface area contributed by atoms with E-state index in [0.29, 0.717) is 13.2 Å². The molecule has 0 amide bonds. The van der Waals surface area contributed by atoms with E-state index in [-0.39, 0.29) is 12.0 Å². The van der Waals surface area contributed by atoms with Gasteiger partial charge in [0.05, 0.1) is 18.6 Å². The van der Waals surface area contributed by atoms with Crippen LogP contribution in [0.2, 0.25) is 0 Å². The van der Waals surface area contributed by atoms with E-state index in [2.05, 4.69) is 55.0 Å². The number of nitrogens with zero attached hydrogens (tertiary/aromatic N) is 1. The Morgan fingerprint density at radius 2 is 2.04 bits per heavy atom. The van der Waals surface area contributed by atoms with E-state index in [9.17, 15) is 9.90 Å². The molecule has 6 heteroatoms. The molecule has 1 aliphatic heterocycles. The number of benzene rings is 2. The van der Waals surface area contributed by atoms with Gasteiger partial charge >= 0.3 is 5.97 Å². The van der Waals surface area contributed by atoms with Crippen LogP contribution in [0.3, 0.4) is 0 Å². The molecule has 144 valence electrons. The minimum absolute atomic E-state index is 0.0660. The lowest BCUT2D eigenvalue weighted by Crippen LogP contribution is -2.41. The second-order valence-electron chi connectivity index (χ2n) is 6.75. The number of ether oxygens (including phenoxy) is 1. The van der Waals surface area contributed by atoms with Gasteiger partial charge in [0.25, 0.3) is 0 Å². The van der Waals surface area contributed by atoms with Gasteiger partial charge in [-0.2, -0.15) is 0 Å². The Hall–Kier alpha value is -1.37. The third kappa shape index (κ3) is 4.92. The number of rotatable bonds is 6. The van der Waals surface area contributed by atoms with Crippen LogP contribution in [0.25, 0.3) is 0 Å². The van der Waals surface area contributed by atoms with Gasteiger partial charge < -0.3 is 9.84 Å². The minimum atomic E-state index is -0.716. The molecule has 4 nitrogen and oxygen atoms in total. The predicted octanol–water partition coefficient (Wildman–Crippen LogP) is 5.50. The highest BCUT2D eigenvalue weighted by molar-refractivity contribution is 9.10. The molecule has 2 atom stereocenters. The van der Waals surface area contributed by atoms with Crippen LogP contribution in [0.15, 0.2) is 51.4 Å². The number of hydrogen-bond acceptors (Lipinski definition) is 3. The largest absolute Gasteiger partial charge is 0.494 e. The lowest BCUT2D eigenvalue weighted by molar-refractivity contribution is -0.143. The van der Waals surface area contributed by atoms with E-state index >= 15 is 0 Å². The van der Waals surface area contributed by atoms with Crippen molar-refractivity contribution in [3.63, 3.8) is 0 Å². The SMILES string of the molecule is CCOc1ccc(Br)cc1C(c1cccc(Br)c1)N1CCCC(C(=O)O)C1. The molecular formula is C21H23Br2NO3. The highest BCUT2D eigenvalue weighted by atomic mass is 79.9. The van der Waals surface area contributed by atoms with E-state index in [4.69, 9.17) is 4.74 Å². The zero-order chi connectivity index (χ0) is 19.4. The van der Waals surface area contributed by atoms with E-state index in [1.807, 2.05) is 31.2 Å². The van der Waals surface area contributed by atoms with E-state index in [1.54, 1.807) is 0 Å². The van der Waals surface area contributed by atoms with E-state index in [1.165, 1.54) is 0 Å². The van der Waals surface area contributed by atoms with Crippen LogP contribution in [0.1, 0.15) is 36.9 Å². The molecule has 27 heavy (non-hydrogen) atoms. The zero-order valence-corrected chi connectivity index (χ0v) is 18.4. The van der Waals surface area contributed by atoms with Gasteiger partial charge in [-0.3, -0.25) is 9.69 Å². The standard InChI is InChI=1S/C21H23Br2NO3/c1-2-27-19-9-8-17(23)12-18(19)20(14-5-3-7-16(22)11-14)24-10-4-6-15(13-24)21(25)26/h3,5,7-9,11-12,15,20H,2,4,6,10,13H2,1H3,(H,25,26). The third-order valence-electron chi connectivity index (χ3n) is 4.90. The van der Waals surface area contributed by atoms with Crippen molar-refractivity contribution in [1.29, 1.82) is 0 Å². The predicted molar refractivity (Wildman–Crippen MR) is 113 cm³/mol. The van der Waals surface area contributed by atoms with Crippen LogP contribution in [-0.2, 0) is 4.79 Å². The van der Waals surface area contributed by atoms with E-state index in [0.717, 1.165) is 45.2 Å². The Morgan fingerprint density at radius 3 is 2.74 bits per heavy atom. The summed E-state index contributed by atoms with van der Waals surface area (Å²) in [5, 5.41) is 9.54. The zero-order valence-electron chi connectivity index (χ0n) is 15.2. The summed E-state index contributed by atoms with van der Waals surface area (Å²) in [5.41, 5.74) is 2.17. The molecule has 1 N–H and O–H groups in total. The number of carbonyl (C=O) groups is 1. The second kappa shape index (κ2) is 9.22. The van der Waals surface area contributed by atoms with Gasteiger partial charge in [0.15, 0.2) is 0 Å². The highest BCUT2D eigenvalue weighted by Gasteiger charge is 2.32. The van der Waals surface area contributed by atoms with Crippen molar-refractivity contribution in [3.05, 3.63) is 62.5 Å². The Bertz CT molecular complexity index is 812. The summed E-state index contributed by atoms with van der Waals surface area (Å²) < 4.78 is 7.90. The molecule has 2 aromatic rings. The molecule has 3 rings (SSSR count). The lowest BCUT2D eigenvalue weighted by atomic mass is 9.91. The molecule has 0 aliphatic carbocycles. The van der Waals surface area contributed by atoms with Crippen molar-refractivity contribution in [2.24, 2.45) is 5.92 Å². The number of piperidine rings is 1. The van der Waals surface area contributed by atoms with Crippen molar-refractivity contribution in [1.82, 2.24) is 4.90 Å². The average Bonchev–Trinajstić information content (AvgIpc) is 2.64. The van der Waals surface area contributed by atoms with Gasteiger partial charge in [-0.1, -0.05) is 44.0 Å². The van der Waals surface area contributed by atoms with Crippen LogP contribution < -0.4 is 4.74 Å². The minimum Gasteiger partial charge on any atom is -0.494 e. The Morgan fingerprint density at radius 1 is 1.26 bits per heavy atom. The molecule has 1 aliphatic rings. The monoisotopic (exact) mass is 495 g/mol. The van der Waals surface area contributed by atoms with Crippen LogP contribution in [0.4, 0.5) is 0 Å². The van der Waals surface area contributed by atoms with Crippen molar-refractivity contribution in [3.8, 4) is 5.75 Å². The summed E-state index contributed by atoms with van der Waals surface area (Å²) in [6.07, 6.45) is 1.60. The first-order valence-electron chi connectivity index (χ1n) is 9.14. The quantitative estimate of drug-likeness (QED) is 0.573. The maximum absolute atomic E-state index is 11.6. The fraction of sp³-hybridized carbons (Fsp3) is 0.381. The van der Waals surface area contributed by atoms with Crippen LogP contribution in [0.5, 0.6) is 5.75 Å². The molecule has 1 fully saturated rings. The van der Waals surface area contributed by atoms with Crippen LogP contribution in [-0.4, -0.2) is 35.7 Å². The Balaban J connectivity index is 2.08. The summed E-state index contributed by atoms with van der Waals surface area (Å²) in [5.74, 6) is -0.216. The smallest absolute Gasteiger partial charge is 0.307 e. The summed E-state index contributed by atoms with van der Waals surface area (Å²) in [7, 11) is 0. The van der Waals surface area contributed by atoms with E-state index < -0.39 is 5.97 Å². The van der Waals surface area contributed by atoms with Gasteiger partial charge in [0, 0.05) is 21.1 Å². The Labute approximate surface area is 176 Å². The van der Waals surface area contributed by atoms with Crippen molar-refractivity contribution >= 4 is 37.8 Å². The van der Waals surface area contributed by atoms with Crippen molar-refractivity contribution in [2.45, 2.75) is 25.8 Å². The molecule has 0 saturated carbocycles. The summed E-state index contributed by atoms with van der Waals surface area (Å²) in [6.45, 7) is 3.95. The van der Waals surface area contributed by atoms with Gasteiger partial charge in [0.1, 0.15) is 5.75 Å². The molecule has 2 unspecified atom stereocenters. The number of carboxylic acids is 1. The first kappa shape index (κ1) is 20.4. The van der Waals surface area contributed by atoms with Gasteiger partial charge in [0.2, 0.25) is 0 Å². The number of halogens is 2. The van der Waals surface area contributed by atoms with Crippen molar-refractivity contribution < 1.29 is 14.6 Å². The van der Waals surface area contributed by atoms with Gasteiger partial charge in [-0.25, -0.2) is 0 Å². The first-order chi connectivity index (χ1) is 13.0. The fourth-order valence-electron chi connectivity index (χ4n) is 3.73. The molecule has 0 bridgehead atoms. The number of hydrogen-bond donors (Lipinski definition) is 1. The highest BCUT2D eigenvalue weighted by Crippen LogP contribution is 2.39. The molecule has 0 spiro atoms. The van der Waals surface area contributed by atoms with Gasteiger partial charge in [-0.15, -0.1) is 0 Å². The maximum Gasteiger partial charge on any atom is 0.307 e. The van der Waals surface area contributed by atoms with Crippen LogP contribution >= 0.6 is 31.9 Å². The molecule has 0 radical (unpaired) electrons.